The monoisotopic (exact) mass is 243 g/mol. The smallest absolute Gasteiger partial charge is 0.326 e. The molecule has 1 atom stereocenters. The van der Waals surface area contributed by atoms with Gasteiger partial charge >= 0.3 is 6.18 Å². The Morgan fingerprint density at radius 2 is 2.14 bits per heavy atom. The van der Waals surface area contributed by atoms with Crippen LogP contribution in [0.5, 0.6) is 0 Å². The van der Waals surface area contributed by atoms with Gasteiger partial charge in [0.15, 0.2) is 0 Å². The molecule has 1 aromatic rings. The van der Waals surface area contributed by atoms with Crippen LogP contribution in [0.25, 0.3) is 0 Å². The molecule has 0 bridgehead atoms. The lowest BCUT2D eigenvalue weighted by atomic mass is 10.1. The molecule has 1 heterocycles. The van der Waals surface area contributed by atoms with Gasteiger partial charge in [0, 0.05) is 11.9 Å². The molecule has 0 aliphatic carbocycles. The maximum Gasteiger partial charge on any atom is 0.425 e. The van der Waals surface area contributed by atoms with E-state index in [2.05, 4.69) is 0 Å². The van der Waals surface area contributed by atoms with Crippen LogP contribution >= 0.6 is 22.9 Å². The van der Waals surface area contributed by atoms with Gasteiger partial charge < -0.3 is 5.73 Å². The molecule has 0 aromatic carbocycles. The van der Waals surface area contributed by atoms with Crippen molar-refractivity contribution in [3.63, 3.8) is 0 Å². The second kappa shape index (κ2) is 4.51. The summed E-state index contributed by atoms with van der Waals surface area (Å²) < 4.78 is 36.5. The molecular weight excluding hydrogens is 235 g/mol. The fourth-order valence-corrected chi connectivity index (χ4v) is 1.89. The van der Waals surface area contributed by atoms with Gasteiger partial charge in [0.25, 0.3) is 0 Å². The normalized spacial score (nSPS) is 14.4. The zero-order valence-corrected chi connectivity index (χ0v) is 8.72. The fourth-order valence-electron chi connectivity index (χ4n) is 0.989. The highest BCUT2D eigenvalue weighted by atomic mass is 35.5. The predicted octanol–water partition coefficient (Wildman–Crippen LogP) is 2.88. The van der Waals surface area contributed by atoms with Gasteiger partial charge in [-0.05, 0) is 23.4 Å². The number of alkyl halides is 4. The van der Waals surface area contributed by atoms with Crippen LogP contribution in [0, 0.1) is 0 Å². The summed E-state index contributed by atoms with van der Waals surface area (Å²) >= 11 is 6.14. The Morgan fingerprint density at radius 3 is 2.57 bits per heavy atom. The van der Waals surface area contributed by atoms with E-state index in [4.69, 9.17) is 17.3 Å². The Morgan fingerprint density at radius 1 is 1.50 bits per heavy atom. The number of hydrogen-bond acceptors (Lipinski definition) is 2. The first-order chi connectivity index (χ1) is 6.43. The van der Waals surface area contributed by atoms with Gasteiger partial charge in [-0.2, -0.15) is 13.2 Å². The summed E-state index contributed by atoms with van der Waals surface area (Å²) in [4.78, 5) is -0.589. The molecule has 2 N–H and O–H groups in total. The van der Waals surface area contributed by atoms with Crippen molar-refractivity contribution < 1.29 is 13.2 Å². The average molecular weight is 244 g/mol. The zero-order chi connectivity index (χ0) is 10.8. The molecule has 0 amide bonds. The van der Waals surface area contributed by atoms with Crippen LogP contribution in [0.4, 0.5) is 13.2 Å². The molecule has 0 saturated carbocycles. The summed E-state index contributed by atoms with van der Waals surface area (Å²) in [5.41, 5.74) is 6.11. The number of rotatable bonds is 3. The van der Waals surface area contributed by atoms with Gasteiger partial charge in [-0.25, -0.2) is 0 Å². The second-order valence-corrected chi connectivity index (χ2v) is 4.16. The minimum absolute atomic E-state index is 0.247. The summed E-state index contributed by atoms with van der Waals surface area (Å²) in [5, 5.41) is 1.47. The number of thiophene rings is 1. The predicted molar refractivity (Wildman–Crippen MR) is 51.7 cm³/mol. The van der Waals surface area contributed by atoms with E-state index in [1.54, 1.807) is 0 Å². The van der Waals surface area contributed by atoms with E-state index in [9.17, 15) is 13.2 Å². The van der Waals surface area contributed by atoms with Crippen molar-refractivity contribution >= 4 is 22.9 Å². The van der Waals surface area contributed by atoms with Crippen molar-refractivity contribution in [2.45, 2.75) is 18.6 Å². The van der Waals surface area contributed by atoms with Crippen molar-refractivity contribution in [3.05, 3.63) is 21.9 Å². The van der Waals surface area contributed by atoms with Gasteiger partial charge in [0.1, 0.15) is 4.88 Å². The van der Waals surface area contributed by atoms with Crippen molar-refractivity contribution in [1.82, 2.24) is 0 Å². The van der Waals surface area contributed by atoms with Gasteiger partial charge in [0.05, 0.1) is 0 Å². The largest absolute Gasteiger partial charge is 0.425 e. The van der Waals surface area contributed by atoms with Gasteiger partial charge in [-0.1, -0.05) is 0 Å². The fraction of sp³-hybridized carbons (Fsp3) is 0.500. The van der Waals surface area contributed by atoms with Crippen LogP contribution < -0.4 is 5.73 Å². The Balaban J connectivity index is 2.69. The Labute approximate surface area is 88.7 Å². The van der Waals surface area contributed by atoms with Crippen LogP contribution in [0.15, 0.2) is 11.4 Å². The molecule has 0 saturated heterocycles. The third kappa shape index (κ3) is 3.15. The summed E-state index contributed by atoms with van der Waals surface area (Å²) in [6.45, 7) is 0. The van der Waals surface area contributed by atoms with Crippen LogP contribution in [-0.4, -0.2) is 11.9 Å². The van der Waals surface area contributed by atoms with Gasteiger partial charge in [-0.15, -0.1) is 22.9 Å². The molecule has 0 aliphatic rings. The number of hydrogen-bond donors (Lipinski definition) is 1. The topological polar surface area (TPSA) is 26.0 Å². The molecule has 6 heteroatoms. The lowest BCUT2D eigenvalue weighted by Crippen LogP contribution is -2.24. The van der Waals surface area contributed by atoms with Crippen molar-refractivity contribution in [2.24, 2.45) is 5.73 Å². The van der Waals surface area contributed by atoms with Crippen molar-refractivity contribution in [1.29, 1.82) is 0 Å². The van der Waals surface area contributed by atoms with E-state index in [-0.39, 0.29) is 11.9 Å². The minimum Gasteiger partial charge on any atom is -0.326 e. The van der Waals surface area contributed by atoms with E-state index < -0.39 is 11.1 Å². The first-order valence-corrected chi connectivity index (χ1v) is 5.31. The maximum atomic E-state index is 12.2. The minimum atomic E-state index is -4.26. The van der Waals surface area contributed by atoms with Crippen LogP contribution in [0.2, 0.25) is 0 Å². The van der Waals surface area contributed by atoms with Crippen LogP contribution in [-0.2, 0) is 12.6 Å². The number of nitrogens with two attached hydrogens (primary N) is 1. The highest BCUT2D eigenvalue weighted by Gasteiger charge is 2.32. The van der Waals surface area contributed by atoms with E-state index in [0.29, 0.717) is 23.3 Å². The molecule has 0 fully saturated rings. The first kappa shape index (κ1) is 11.8. The maximum absolute atomic E-state index is 12.2. The van der Waals surface area contributed by atoms with Crippen molar-refractivity contribution in [2.75, 3.05) is 5.88 Å². The molecule has 1 unspecified atom stereocenters. The van der Waals surface area contributed by atoms with Crippen LogP contribution in [0.3, 0.4) is 0 Å². The zero-order valence-electron chi connectivity index (χ0n) is 7.14. The Bertz CT molecular complexity index is 297. The van der Waals surface area contributed by atoms with Gasteiger partial charge in [-0.3, -0.25) is 0 Å². The van der Waals surface area contributed by atoms with E-state index in [0.717, 1.165) is 6.07 Å². The lowest BCUT2D eigenvalue weighted by Gasteiger charge is -2.04. The standard InChI is InChI=1S/C8H9ClF3NS/c9-3-6(13)1-5-2-7(14-4-5)8(10,11)12/h2,4,6H,1,3,13H2. The molecule has 0 aliphatic heterocycles. The molecule has 14 heavy (non-hydrogen) atoms. The van der Waals surface area contributed by atoms with E-state index in [1.165, 1.54) is 5.38 Å². The lowest BCUT2D eigenvalue weighted by molar-refractivity contribution is -0.134. The van der Waals surface area contributed by atoms with Gasteiger partial charge in [0.2, 0.25) is 0 Å². The van der Waals surface area contributed by atoms with Crippen molar-refractivity contribution in [3.8, 4) is 0 Å². The molecule has 80 valence electrons. The third-order valence-electron chi connectivity index (χ3n) is 1.63. The highest BCUT2D eigenvalue weighted by molar-refractivity contribution is 7.10. The third-order valence-corrected chi connectivity index (χ3v) is 3.05. The molecule has 0 radical (unpaired) electrons. The average Bonchev–Trinajstić information content (AvgIpc) is 2.51. The number of halogens is 4. The molecule has 0 spiro atoms. The molecule has 1 rings (SSSR count). The first-order valence-electron chi connectivity index (χ1n) is 3.89. The Kier molecular flexibility index (Phi) is 3.80. The summed E-state index contributed by atoms with van der Waals surface area (Å²) in [7, 11) is 0. The Hall–Kier alpha value is -0.260. The SMILES string of the molecule is NC(CCl)Cc1csc(C(F)(F)F)c1. The quantitative estimate of drug-likeness (QED) is 0.812. The summed E-state index contributed by atoms with van der Waals surface area (Å²) in [5.74, 6) is 0.247. The molecule has 1 nitrogen and oxygen atoms in total. The van der Waals surface area contributed by atoms with Crippen LogP contribution in [0.1, 0.15) is 10.4 Å². The van der Waals surface area contributed by atoms with E-state index >= 15 is 0 Å². The second-order valence-electron chi connectivity index (χ2n) is 2.94. The highest BCUT2D eigenvalue weighted by Crippen LogP contribution is 2.34. The summed E-state index contributed by atoms with van der Waals surface area (Å²) in [6, 6.07) is 0.837. The molecular formula is C8H9ClF3NS. The molecule has 1 aromatic heterocycles. The summed E-state index contributed by atoms with van der Waals surface area (Å²) in [6.07, 6.45) is -3.87. The van der Waals surface area contributed by atoms with E-state index in [1.807, 2.05) is 0 Å².